The van der Waals surface area contributed by atoms with E-state index in [1.807, 2.05) is 20.0 Å². The normalized spacial score (nSPS) is 38.9. The van der Waals surface area contributed by atoms with Gasteiger partial charge < -0.3 is 39.5 Å². The van der Waals surface area contributed by atoms with Crippen molar-refractivity contribution in [3.05, 3.63) is 70.1 Å². The first-order valence-corrected chi connectivity index (χ1v) is 26.6. The Hall–Kier alpha value is -3.12. The topological polar surface area (TPSA) is 158 Å². The number of ketones is 2. The number of aromatic nitrogens is 2. The number of allylic oxidation sites excluding steroid dienone is 1. The molecule has 4 heterocycles. The van der Waals surface area contributed by atoms with Crippen LogP contribution >= 0.6 is 0 Å². The highest BCUT2D eigenvalue weighted by Gasteiger charge is 2.73. The summed E-state index contributed by atoms with van der Waals surface area (Å²) < 4.78 is 14.0. The lowest BCUT2D eigenvalue weighted by Crippen LogP contribution is -2.68. The Bertz CT molecular complexity index is 2460. The van der Waals surface area contributed by atoms with Crippen LogP contribution in [-0.4, -0.2) is 90.9 Å². The van der Waals surface area contributed by atoms with Gasteiger partial charge in [0.1, 0.15) is 11.9 Å². The summed E-state index contributed by atoms with van der Waals surface area (Å²) in [4.78, 5) is 33.3. The number of carbonyl (C=O) groups excluding carboxylic acids is 2. The van der Waals surface area contributed by atoms with E-state index in [0.29, 0.717) is 50.4 Å². The van der Waals surface area contributed by atoms with E-state index in [-0.39, 0.29) is 52.8 Å². The maximum absolute atomic E-state index is 15.0. The summed E-state index contributed by atoms with van der Waals surface area (Å²) in [6.45, 7) is 21.4. The van der Waals surface area contributed by atoms with Gasteiger partial charge in [-0.1, -0.05) is 64.8 Å². The third kappa shape index (κ3) is 7.70. The zero-order chi connectivity index (χ0) is 48.5. The first-order chi connectivity index (χ1) is 32.1. The number of aliphatic hydroxyl groups excluding tert-OH is 4. The van der Waals surface area contributed by atoms with Gasteiger partial charge in [-0.05, 0) is 166 Å². The van der Waals surface area contributed by atoms with Crippen LogP contribution < -0.4 is 0 Å². The minimum absolute atomic E-state index is 0.0617. The lowest BCUT2D eigenvalue weighted by molar-refractivity contribution is -0.227. The molecule has 10 rings (SSSR count). The van der Waals surface area contributed by atoms with E-state index in [1.54, 1.807) is 6.92 Å². The third-order valence-corrected chi connectivity index (χ3v) is 20.8. The highest BCUT2D eigenvalue weighted by molar-refractivity contribution is 6.01. The van der Waals surface area contributed by atoms with E-state index < -0.39 is 46.3 Å². The molecule has 2 aliphatic heterocycles. The van der Waals surface area contributed by atoms with Crippen LogP contribution in [0.2, 0.25) is 0 Å². The molecule has 6 fully saturated rings. The average Bonchev–Trinajstić information content (AvgIpc) is 3.80. The number of rotatable bonds is 13. The van der Waals surface area contributed by atoms with Crippen LogP contribution in [0.15, 0.2) is 47.8 Å². The van der Waals surface area contributed by atoms with E-state index in [2.05, 4.69) is 81.6 Å². The monoisotopic (exact) mass is 935 g/mol. The Kier molecular flexibility index (Phi) is 12.3. The zero-order valence-electron chi connectivity index (χ0n) is 42.6. The smallest absolute Gasteiger partial charge is 0.160 e. The quantitative estimate of drug-likeness (QED) is 0.106. The molecule has 3 aromatic rings. The minimum Gasteiger partial charge on any atom is -0.392 e. The van der Waals surface area contributed by atoms with Crippen molar-refractivity contribution in [2.24, 2.45) is 57.2 Å². The fourth-order valence-corrected chi connectivity index (χ4v) is 17.1. The predicted molar refractivity (Wildman–Crippen MR) is 264 cm³/mol. The second-order valence-corrected chi connectivity index (χ2v) is 25.2. The maximum atomic E-state index is 15.0. The number of carbonyl (C=O) groups is 2. The molecule has 0 spiro atoms. The first kappa shape index (κ1) is 48.5. The van der Waals surface area contributed by atoms with Gasteiger partial charge in [0.25, 0.3) is 0 Å². The van der Waals surface area contributed by atoms with Crippen molar-refractivity contribution >= 4 is 22.6 Å². The van der Waals surface area contributed by atoms with Gasteiger partial charge >= 0.3 is 0 Å². The summed E-state index contributed by atoms with van der Waals surface area (Å²) in [6.07, 6.45) is 10.8. The summed E-state index contributed by atoms with van der Waals surface area (Å²) in [7, 11) is 0. The second-order valence-electron chi connectivity index (χ2n) is 25.2. The minimum atomic E-state index is -0.785. The number of Topliss-reactive ketones (excluding diaryl/α,β-unsaturated/α-hetero) is 2. The first-order valence-electron chi connectivity index (χ1n) is 26.6. The number of fused-ring (bicyclic) bond motifs is 6. The van der Waals surface area contributed by atoms with Crippen LogP contribution in [0.5, 0.6) is 0 Å². The van der Waals surface area contributed by atoms with Gasteiger partial charge in [-0.3, -0.25) is 9.59 Å². The van der Waals surface area contributed by atoms with E-state index in [4.69, 9.17) is 9.47 Å². The molecule has 5 N–H and O–H groups in total. The van der Waals surface area contributed by atoms with Crippen molar-refractivity contribution in [3.63, 3.8) is 0 Å². The van der Waals surface area contributed by atoms with Gasteiger partial charge in [-0.2, -0.15) is 0 Å². The van der Waals surface area contributed by atoms with Crippen LogP contribution in [0.4, 0.5) is 0 Å². The van der Waals surface area contributed by atoms with Crippen LogP contribution in [0.1, 0.15) is 161 Å². The van der Waals surface area contributed by atoms with Crippen LogP contribution in [0.25, 0.3) is 11.0 Å². The molecule has 68 heavy (non-hydrogen) atoms. The summed E-state index contributed by atoms with van der Waals surface area (Å²) in [6, 6.07) is 9.19. The Morgan fingerprint density at radius 1 is 0.941 bits per heavy atom. The molecule has 2 saturated heterocycles. The van der Waals surface area contributed by atoms with Crippen molar-refractivity contribution in [3.8, 4) is 0 Å². The molecule has 0 unspecified atom stereocenters. The van der Waals surface area contributed by atoms with Crippen molar-refractivity contribution in [2.75, 3.05) is 13.2 Å². The van der Waals surface area contributed by atoms with Gasteiger partial charge in [0, 0.05) is 68.2 Å². The van der Waals surface area contributed by atoms with Crippen molar-refractivity contribution in [2.45, 2.75) is 194 Å². The molecule has 1 aromatic carbocycles. The Morgan fingerprint density at radius 3 is 2.38 bits per heavy atom. The van der Waals surface area contributed by atoms with Gasteiger partial charge in [0.2, 0.25) is 0 Å². The van der Waals surface area contributed by atoms with Gasteiger partial charge in [0.15, 0.2) is 5.78 Å². The summed E-state index contributed by atoms with van der Waals surface area (Å²) in [5.41, 5.74) is 6.91. The fraction of sp³-hybridized carbons (Fsp3) is 0.724. The number of aromatic amines is 1. The number of hydrogen-bond acceptors (Lipinski definition) is 8. The molecule has 15 atom stereocenters. The molecule has 0 radical (unpaired) electrons. The summed E-state index contributed by atoms with van der Waals surface area (Å²) in [5.74, 6) is 0.703. The summed E-state index contributed by atoms with van der Waals surface area (Å²) >= 11 is 0. The molecular weight excluding hydrogens is 853 g/mol. The number of hydrogen-bond donors (Lipinski definition) is 5. The third-order valence-electron chi connectivity index (χ3n) is 20.8. The highest BCUT2D eigenvalue weighted by atomic mass is 16.6. The van der Waals surface area contributed by atoms with Crippen molar-refractivity contribution < 1.29 is 39.5 Å². The SMILES string of the molecule is Cc1cc(Cc2cn(C[C@H]3C4=C([C@H](C)C[C@@H](O)[C@H]5OC5(C)C)C(=O)C[C@]4(C)[C@@]4(C)CC[C@@H]5[C@@](C)(CCC(=O)[C@@]5(C)[C@H]5CC[C@H](C[C@@H](O)[C@H](C)O)C5)[C@H]4[C@@H]3O)c3cc[nH]c23)cc(C2CCOCC2)c1. The molecule has 7 aliphatic rings. The zero-order valence-corrected chi connectivity index (χ0v) is 42.6. The van der Waals surface area contributed by atoms with E-state index in [1.165, 1.54) is 22.3 Å². The lowest BCUT2D eigenvalue weighted by Gasteiger charge is -2.70. The van der Waals surface area contributed by atoms with Gasteiger partial charge in [-0.25, -0.2) is 0 Å². The summed E-state index contributed by atoms with van der Waals surface area (Å²) in [5, 5.41) is 46.2. The van der Waals surface area contributed by atoms with E-state index in [9.17, 15) is 25.2 Å². The number of nitrogens with one attached hydrogen (secondary N) is 1. The Morgan fingerprint density at radius 2 is 1.68 bits per heavy atom. The molecule has 0 bridgehead atoms. The molecule has 0 amide bonds. The highest BCUT2D eigenvalue weighted by Crippen LogP contribution is 2.76. The maximum Gasteiger partial charge on any atom is 0.160 e. The fourth-order valence-electron chi connectivity index (χ4n) is 17.1. The van der Waals surface area contributed by atoms with Gasteiger partial charge in [-0.15, -0.1) is 0 Å². The Labute approximate surface area is 405 Å². The van der Waals surface area contributed by atoms with Gasteiger partial charge in [0.05, 0.1) is 41.1 Å². The van der Waals surface area contributed by atoms with Crippen LogP contribution in [0.3, 0.4) is 0 Å². The van der Waals surface area contributed by atoms with Crippen LogP contribution in [-0.2, 0) is 32.0 Å². The van der Waals surface area contributed by atoms with Crippen molar-refractivity contribution in [1.29, 1.82) is 0 Å². The van der Waals surface area contributed by atoms with Crippen LogP contribution in [0, 0.1) is 64.1 Å². The molecule has 2 aromatic heterocycles. The molecule has 5 aliphatic carbocycles. The average molecular weight is 935 g/mol. The largest absolute Gasteiger partial charge is 0.392 e. The molecule has 10 nitrogen and oxygen atoms in total. The number of nitrogens with zero attached hydrogens (tertiary/aromatic N) is 1. The number of benzene rings is 1. The lowest BCUT2D eigenvalue weighted by atomic mass is 9.34. The number of aryl methyl sites for hydroxylation is 1. The van der Waals surface area contributed by atoms with E-state index in [0.717, 1.165) is 86.8 Å². The second kappa shape index (κ2) is 17.3. The van der Waals surface area contributed by atoms with Crippen molar-refractivity contribution in [1.82, 2.24) is 9.55 Å². The number of ether oxygens (including phenoxy) is 2. The predicted octanol–water partition coefficient (Wildman–Crippen LogP) is 9.55. The standard InChI is InChI=1S/C58H82N2O8/c1-32-22-36(25-38(23-32)37-15-20-67-21-16-37)26-39-30-60(42-14-19-59-50(39)42)31-41-49-48(33(2)24-44(63)53-54(4,5)68-53)45(64)29-57(49,8)56(7)18-12-46-55(6,52(56)51(41)66)17-13-47(65)58(46,9)40-11-10-35(27-40)28-43(62)34(3)61/h14,19,22-23,25,30,33-35,37,40-41,43-44,46,51-53,59,61-63,66H,10-13,15-18,20-21,24,26-29,31H2,1-9H3/t33-,34+,35+,40+,41+,43-,44-,46-,51-,52-,53-,55-,56+,57+,58+/m1/s1. The Balaban J connectivity index is 1.04. The number of H-pyrrole nitrogens is 1. The molecular formula is C58H82N2O8. The molecule has 372 valence electrons. The van der Waals surface area contributed by atoms with E-state index >= 15 is 4.79 Å². The molecule has 4 saturated carbocycles. The number of aliphatic hydroxyl groups is 4. The molecule has 10 heteroatoms. The number of epoxide rings is 1.